The molecule has 3 rings (SSSR count). The van der Waals surface area contributed by atoms with E-state index in [1.807, 2.05) is 68.4 Å². The summed E-state index contributed by atoms with van der Waals surface area (Å²) in [5, 5.41) is 17.2. The molecule has 0 bridgehead atoms. The van der Waals surface area contributed by atoms with Crippen molar-refractivity contribution < 1.29 is 4.79 Å². The van der Waals surface area contributed by atoms with E-state index in [-0.39, 0.29) is 5.57 Å². The van der Waals surface area contributed by atoms with Crippen LogP contribution in [0.1, 0.15) is 27.9 Å². The second-order valence-electron chi connectivity index (χ2n) is 6.82. The highest BCUT2D eigenvalue weighted by molar-refractivity contribution is 6.31. The number of carbonyl (C=O) groups excluding carboxylic acids is 1. The Balaban J connectivity index is 1.89. The molecule has 146 valence electrons. The normalized spacial score (nSPS) is 11.2. The maximum absolute atomic E-state index is 12.7. The molecule has 1 N–H and O–H groups in total. The van der Waals surface area contributed by atoms with Gasteiger partial charge in [0, 0.05) is 11.3 Å². The third kappa shape index (κ3) is 4.56. The molecule has 0 radical (unpaired) electrons. The van der Waals surface area contributed by atoms with Gasteiger partial charge >= 0.3 is 0 Å². The largest absolute Gasteiger partial charge is 0.321 e. The van der Waals surface area contributed by atoms with E-state index in [2.05, 4.69) is 10.4 Å². The van der Waals surface area contributed by atoms with Crippen molar-refractivity contribution in [2.45, 2.75) is 27.3 Å². The minimum Gasteiger partial charge on any atom is -0.321 e. The third-order valence-corrected chi connectivity index (χ3v) is 5.06. The number of anilines is 1. The lowest BCUT2D eigenvalue weighted by molar-refractivity contribution is -0.112. The number of carbonyl (C=O) groups is 1. The molecular formula is C23H21ClN4O. The second-order valence-corrected chi connectivity index (χ2v) is 7.18. The van der Waals surface area contributed by atoms with E-state index in [9.17, 15) is 10.1 Å². The molecule has 3 aromatic rings. The molecule has 6 heteroatoms. The molecule has 0 fully saturated rings. The fourth-order valence-corrected chi connectivity index (χ4v) is 3.37. The van der Waals surface area contributed by atoms with Crippen LogP contribution in [0.2, 0.25) is 5.15 Å². The standard InChI is InChI=1S/C23H21ClN4O/c1-15-8-7-9-16(2)21(15)26-23(29)19(13-25)12-20-17(3)27-28(22(20)24)14-18-10-5-4-6-11-18/h4-12H,14H2,1-3H3,(H,26,29)/b19-12+. The van der Waals surface area contributed by atoms with Crippen LogP contribution in [-0.2, 0) is 11.3 Å². The van der Waals surface area contributed by atoms with Gasteiger partial charge in [-0.15, -0.1) is 0 Å². The van der Waals surface area contributed by atoms with Gasteiger partial charge in [0.15, 0.2) is 0 Å². The minimum absolute atomic E-state index is 0.0306. The maximum atomic E-state index is 12.7. The first-order chi connectivity index (χ1) is 13.9. The monoisotopic (exact) mass is 404 g/mol. The minimum atomic E-state index is -0.476. The van der Waals surface area contributed by atoms with Crippen molar-refractivity contribution in [1.29, 1.82) is 5.26 Å². The van der Waals surface area contributed by atoms with E-state index in [1.54, 1.807) is 11.6 Å². The second kappa shape index (κ2) is 8.76. The summed E-state index contributed by atoms with van der Waals surface area (Å²) in [6.45, 7) is 6.13. The zero-order valence-electron chi connectivity index (χ0n) is 16.5. The molecule has 2 aromatic carbocycles. The summed E-state index contributed by atoms with van der Waals surface area (Å²) in [7, 11) is 0. The highest BCUT2D eigenvalue weighted by Gasteiger charge is 2.17. The van der Waals surface area contributed by atoms with Crippen molar-refractivity contribution in [2.24, 2.45) is 0 Å². The van der Waals surface area contributed by atoms with Gasteiger partial charge in [0.1, 0.15) is 16.8 Å². The van der Waals surface area contributed by atoms with E-state index in [0.29, 0.717) is 28.6 Å². The molecule has 0 saturated heterocycles. The number of nitrogens with zero attached hydrogens (tertiary/aromatic N) is 3. The molecule has 1 aromatic heterocycles. The molecule has 29 heavy (non-hydrogen) atoms. The van der Waals surface area contributed by atoms with Gasteiger partial charge in [0.25, 0.3) is 5.91 Å². The fourth-order valence-electron chi connectivity index (χ4n) is 3.08. The Morgan fingerprint density at radius 2 is 1.79 bits per heavy atom. The van der Waals surface area contributed by atoms with Crippen LogP contribution in [0.3, 0.4) is 0 Å². The Kier molecular flexibility index (Phi) is 6.16. The zero-order chi connectivity index (χ0) is 21.0. The van der Waals surface area contributed by atoms with Crippen molar-refractivity contribution >= 4 is 29.3 Å². The first-order valence-corrected chi connectivity index (χ1v) is 9.54. The number of rotatable bonds is 5. The Morgan fingerprint density at radius 3 is 2.41 bits per heavy atom. The number of para-hydroxylation sites is 1. The molecule has 0 aliphatic carbocycles. The Labute approximate surface area is 175 Å². The van der Waals surface area contributed by atoms with Crippen LogP contribution in [0.15, 0.2) is 54.1 Å². The molecule has 1 amide bonds. The summed E-state index contributed by atoms with van der Waals surface area (Å²) < 4.78 is 1.66. The number of nitrogens with one attached hydrogen (secondary N) is 1. The lowest BCUT2D eigenvalue weighted by atomic mass is 10.1. The molecule has 0 atom stereocenters. The number of aryl methyl sites for hydroxylation is 3. The first-order valence-electron chi connectivity index (χ1n) is 9.17. The number of halogens is 1. The lowest BCUT2D eigenvalue weighted by Crippen LogP contribution is -2.15. The lowest BCUT2D eigenvalue weighted by Gasteiger charge is -2.10. The summed E-state index contributed by atoms with van der Waals surface area (Å²) >= 11 is 6.51. The van der Waals surface area contributed by atoms with Gasteiger partial charge < -0.3 is 5.32 Å². The number of nitriles is 1. The summed E-state index contributed by atoms with van der Waals surface area (Å²) in [6, 6.07) is 17.5. The molecule has 0 aliphatic heterocycles. The van der Waals surface area contributed by atoms with E-state index in [1.165, 1.54) is 6.08 Å². The Bertz CT molecular complexity index is 1100. The van der Waals surface area contributed by atoms with Crippen LogP contribution in [-0.4, -0.2) is 15.7 Å². The van der Waals surface area contributed by atoms with Crippen LogP contribution >= 0.6 is 11.6 Å². The molecule has 5 nitrogen and oxygen atoms in total. The zero-order valence-corrected chi connectivity index (χ0v) is 17.3. The maximum Gasteiger partial charge on any atom is 0.266 e. The van der Waals surface area contributed by atoms with Crippen molar-refractivity contribution in [1.82, 2.24) is 9.78 Å². The van der Waals surface area contributed by atoms with Crippen molar-refractivity contribution in [3.8, 4) is 6.07 Å². The van der Waals surface area contributed by atoms with E-state index < -0.39 is 5.91 Å². The van der Waals surface area contributed by atoms with Gasteiger partial charge in [-0.25, -0.2) is 4.68 Å². The topological polar surface area (TPSA) is 70.7 Å². The summed E-state index contributed by atoms with van der Waals surface area (Å²) in [5.41, 5.74) is 4.81. The van der Waals surface area contributed by atoms with Crippen molar-refractivity contribution in [2.75, 3.05) is 5.32 Å². The first kappa shape index (κ1) is 20.4. The molecule has 0 unspecified atom stereocenters. The summed E-state index contributed by atoms with van der Waals surface area (Å²) in [6.07, 6.45) is 1.50. The average molecular weight is 405 g/mol. The number of hydrogen-bond acceptors (Lipinski definition) is 3. The van der Waals surface area contributed by atoms with Gasteiger partial charge in [-0.2, -0.15) is 10.4 Å². The van der Waals surface area contributed by atoms with Gasteiger partial charge in [-0.1, -0.05) is 60.1 Å². The van der Waals surface area contributed by atoms with Gasteiger partial charge in [-0.3, -0.25) is 4.79 Å². The SMILES string of the molecule is Cc1cccc(C)c1NC(=O)/C(C#N)=C/c1c(C)nn(Cc2ccccc2)c1Cl. The van der Waals surface area contributed by atoms with Crippen LogP contribution in [0.5, 0.6) is 0 Å². The van der Waals surface area contributed by atoms with Crippen LogP contribution in [0.4, 0.5) is 5.69 Å². The number of aromatic nitrogens is 2. The highest BCUT2D eigenvalue weighted by Crippen LogP contribution is 2.25. The summed E-state index contributed by atoms with van der Waals surface area (Å²) in [4.78, 5) is 12.7. The van der Waals surface area contributed by atoms with E-state index in [0.717, 1.165) is 16.7 Å². The van der Waals surface area contributed by atoms with Gasteiger partial charge in [0.05, 0.1) is 12.2 Å². The Hall–Kier alpha value is -3.36. The number of hydrogen-bond donors (Lipinski definition) is 1. The average Bonchev–Trinajstić information content (AvgIpc) is 2.96. The van der Waals surface area contributed by atoms with Crippen LogP contribution in [0.25, 0.3) is 6.08 Å². The van der Waals surface area contributed by atoms with Crippen molar-refractivity contribution in [3.05, 3.63) is 87.2 Å². The molecule has 0 aliphatic rings. The quantitative estimate of drug-likeness (QED) is 0.477. The van der Waals surface area contributed by atoms with E-state index >= 15 is 0 Å². The van der Waals surface area contributed by atoms with E-state index in [4.69, 9.17) is 11.6 Å². The molecule has 0 spiro atoms. The number of benzene rings is 2. The fraction of sp³-hybridized carbons (Fsp3) is 0.174. The van der Waals surface area contributed by atoms with Gasteiger partial charge in [0.2, 0.25) is 0 Å². The molecule has 1 heterocycles. The summed E-state index contributed by atoms with van der Waals surface area (Å²) in [5.74, 6) is -0.476. The Morgan fingerprint density at radius 1 is 1.14 bits per heavy atom. The van der Waals surface area contributed by atoms with Crippen LogP contribution < -0.4 is 5.32 Å². The molecular weight excluding hydrogens is 384 g/mol. The van der Waals surface area contributed by atoms with Gasteiger partial charge in [-0.05, 0) is 43.5 Å². The smallest absolute Gasteiger partial charge is 0.266 e. The third-order valence-electron chi connectivity index (χ3n) is 4.66. The number of amides is 1. The van der Waals surface area contributed by atoms with Crippen LogP contribution in [0, 0.1) is 32.1 Å². The van der Waals surface area contributed by atoms with Crippen molar-refractivity contribution in [3.63, 3.8) is 0 Å². The molecule has 0 saturated carbocycles. The highest BCUT2D eigenvalue weighted by atomic mass is 35.5. The predicted octanol–water partition coefficient (Wildman–Crippen LogP) is 5.06. The predicted molar refractivity (Wildman–Crippen MR) is 116 cm³/mol.